The normalized spacial score (nSPS) is 8.18. The van der Waals surface area contributed by atoms with Crippen molar-refractivity contribution >= 4 is 18.2 Å². The molecule has 0 aromatic heterocycles. The minimum atomic E-state index is -0.0919. The van der Waals surface area contributed by atoms with Crippen LogP contribution in [0, 0.1) is 0 Å². The Morgan fingerprint density at radius 1 is 1.24 bits per heavy atom. The predicted octanol–water partition coefficient (Wildman–Crippen LogP) is 2.99. The van der Waals surface area contributed by atoms with Gasteiger partial charge >= 0.3 is 0 Å². The fourth-order valence-corrected chi connectivity index (χ4v) is 1.50. The fraction of sp³-hybridized carbons (Fsp3) is 0.417. The van der Waals surface area contributed by atoms with Crippen LogP contribution in [-0.4, -0.2) is 19.5 Å². The van der Waals surface area contributed by atoms with Crippen molar-refractivity contribution in [1.29, 1.82) is 0 Å². The van der Waals surface area contributed by atoms with Gasteiger partial charge in [-0.3, -0.25) is 0 Å². The van der Waals surface area contributed by atoms with Crippen molar-refractivity contribution in [3.05, 3.63) is 29.8 Å². The van der Waals surface area contributed by atoms with Crippen molar-refractivity contribution in [1.82, 2.24) is 0 Å². The van der Waals surface area contributed by atoms with Crippen LogP contribution in [0.3, 0.4) is 0 Å². The van der Waals surface area contributed by atoms with Crippen LogP contribution in [0.1, 0.15) is 19.4 Å². The van der Waals surface area contributed by atoms with Crippen LogP contribution < -0.4 is 4.74 Å². The minimum absolute atomic E-state index is 0. The Bertz CT molecular complexity index is 278. The van der Waals surface area contributed by atoms with Gasteiger partial charge in [-0.05, 0) is 24.0 Å². The number of ether oxygens (including phenoxy) is 2. The van der Waals surface area contributed by atoms with Crippen LogP contribution in [0.25, 0.3) is 0 Å². The van der Waals surface area contributed by atoms with Gasteiger partial charge in [-0.1, -0.05) is 32.5 Å². The Balaban J connectivity index is 0. The van der Waals surface area contributed by atoms with E-state index in [4.69, 9.17) is 4.74 Å². The summed E-state index contributed by atoms with van der Waals surface area (Å²) in [6.07, 6.45) is 2.05. The van der Waals surface area contributed by atoms with Gasteiger partial charge in [0.05, 0.1) is 0 Å². The molecule has 1 aromatic rings. The molecule has 5 heteroatoms. The van der Waals surface area contributed by atoms with Gasteiger partial charge < -0.3 is 14.3 Å². The molecule has 0 aliphatic carbocycles. The first-order valence-electron chi connectivity index (χ1n) is 5.06. The molecule has 0 unspecified atom stereocenters. The maximum absolute atomic E-state index is 9.70. The molecule has 1 radical (unpaired) electrons. The van der Waals surface area contributed by atoms with E-state index >= 15 is 0 Å². The third kappa shape index (κ3) is 9.23. The summed E-state index contributed by atoms with van der Waals surface area (Å²) in [5.74, 6) is 1.67. The predicted molar refractivity (Wildman–Crippen MR) is 67.3 cm³/mol. The fourth-order valence-electron chi connectivity index (χ4n) is 0.970. The molecule has 1 rings (SSSR count). The van der Waals surface area contributed by atoms with Gasteiger partial charge in [-0.2, -0.15) is 11.8 Å². The van der Waals surface area contributed by atoms with Crippen molar-refractivity contribution in [2.24, 2.45) is 0 Å². The number of thioether (sulfide) groups is 1. The first kappa shape index (κ1) is 18.9. The Labute approximate surface area is 121 Å². The van der Waals surface area contributed by atoms with Crippen LogP contribution in [0.5, 0.6) is 5.75 Å². The molecule has 0 saturated heterocycles. The molecule has 0 atom stereocenters. The first-order valence-corrected chi connectivity index (χ1v) is 6.46. The second kappa shape index (κ2) is 13.6. The standard InChI is InChI=1S/C10H11O3S.C2H6.Re/c1-14-6-9-2-4-10(5-3-9)13-8-12-7-11;1-2;/h2-5H,6,8H2,1H3;1-2H3;/q-1;;. The molecule has 0 saturated carbocycles. The summed E-state index contributed by atoms with van der Waals surface area (Å²) in [5, 5.41) is 0. The molecule has 0 aliphatic rings. The van der Waals surface area contributed by atoms with E-state index in [1.165, 1.54) is 12.0 Å². The van der Waals surface area contributed by atoms with Gasteiger partial charge in [0.25, 0.3) is 0 Å². The van der Waals surface area contributed by atoms with Crippen LogP contribution in [0.15, 0.2) is 24.3 Å². The number of benzene rings is 1. The summed E-state index contributed by atoms with van der Waals surface area (Å²) in [6, 6.07) is 7.66. The molecule has 0 aliphatic heterocycles. The second-order valence-electron chi connectivity index (χ2n) is 2.57. The summed E-state index contributed by atoms with van der Waals surface area (Å²) < 4.78 is 9.37. The van der Waals surface area contributed by atoms with Crippen molar-refractivity contribution in [2.75, 3.05) is 13.0 Å². The molecule has 0 fully saturated rings. The van der Waals surface area contributed by atoms with Gasteiger partial charge in [-0.15, -0.1) is 0 Å². The largest absolute Gasteiger partial charge is 0.626 e. The SMILES string of the molecule is CC.CSCc1ccc(OCO[C-]=O)cc1.[Re]. The molecule has 0 bridgehead atoms. The number of hydrogen-bond acceptors (Lipinski definition) is 4. The molecule has 17 heavy (non-hydrogen) atoms. The van der Waals surface area contributed by atoms with E-state index in [1.807, 2.05) is 38.1 Å². The summed E-state index contributed by atoms with van der Waals surface area (Å²) in [6.45, 7) is 5.20. The average molecular weight is 428 g/mol. The van der Waals surface area contributed by atoms with E-state index in [0.29, 0.717) is 5.75 Å². The van der Waals surface area contributed by atoms with E-state index in [2.05, 4.69) is 11.0 Å². The van der Waals surface area contributed by atoms with Crippen LogP contribution in [0.2, 0.25) is 0 Å². The molecule has 0 spiro atoms. The second-order valence-corrected chi connectivity index (χ2v) is 3.43. The summed E-state index contributed by atoms with van der Waals surface area (Å²) in [7, 11) is 0. The molecule has 1 aromatic carbocycles. The van der Waals surface area contributed by atoms with E-state index in [0.717, 1.165) is 5.75 Å². The Hall–Kier alpha value is -0.498. The third-order valence-electron chi connectivity index (χ3n) is 1.58. The van der Waals surface area contributed by atoms with E-state index in [1.54, 1.807) is 11.8 Å². The van der Waals surface area contributed by atoms with Gasteiger partial charge in [0.1, 0.15) is 5.75 Å². The third-order valence-corrected chi connectivity index (χ3v) is 2.20. The van der Waals surface area contributed by atoms with Crippen molar-refractivity contribution in [3.8, 4) is 5.75 Å². The average Bonchev–Trinajstić information content (AvgIpc) is 2.35. The van der Waals surface area contributed by atoms with Gasteiger partial charge in [-0.25, -0.2) is 0 Å². The maximum atomic E-state index is 9.70. The van der Waals surface area contributed by atoms with Crippen molar-refractivity contribution in [2.45, 2.75) is 19.6 Å². The summed E-state index contributed by atoms with van der Waals surface area (Å²) in [4.78, 5) is 9.70. The van der Waals surface area contributed by atoms with E-state index < -0.39 is 0 Å². The Morgan fingerprint density at radius 2 is 1.82 bits per heavy atom. The smallest absolute Gasteiger partial charge is 0.199 e. The zero-order valence-corrected chi connectivity index (χ0v) is 13.8. The molecule has 0 heterocycles. The van der Waals surface area contributed by atoms with Gasteiger partial charge in [0, 0.05) is 26.2 Å². The van der Waals surface area contributed by atoms with Gasteiger partial charge in [0.15, 0.2) is 6.79 Å². The zero-order chi connectivity index (χ0) is 12.2. The molecule has 0 amide bonds. The quantitative estimate of drug-likeness (QED) is 0.397. The number of carbonyl (C=O) groups excluding carboxylic acids is 1. The molecule has 0 N–H and O–H groups in total. The molecular weight excluding hydrogens is 410 g/mol. The molecule has 97 valence electrons. The monoisotopic (exact) mass is 428 g/mol. The first-order chi connectivity index (χ1) is 7.86. The van der Waals surface area contributed by atoms with Crippen LogP contribution in [-0.2, 0) is 35.7 Å². The van der Waals surface area contributed by atoms with E-state index in [9.17, 15) is 4.79 Å². The molecule has 3 nitrogen and oxygen atoms in total. The molecular formula is C12H17O3ReS-. The van der Waals surface area contributed by atoms with Crippen LogP contribution >= 0.6 is 11.8 Å². The van der Waals surface area contributed by atoms with Crippen LogP contribution in [0.4, 0.5) is 0 Å². The number of rotatable bonds is 6. The minimum Gasteiger partial charge on any atom is -0.626 e. The van der Waals surface area contributed by atoms with E-state index in [-0.39, 0.29) is 27.2 Å². The Morgan fingerprint density at radius 3 is 2.29 bits per heavy atom. The van der Waals surface area contributed by atoms with Gasteiger partial charge in [0.2, 0.25) is 0 Å². The van der Waals surface area contributed by atoms with Crippen molar-refractivity contribution < 1.29 is 34.7 Å². The summed E-state index contributed by atoms with van der Waals surface area (Å²) >= 11 is 1.77. The summed E-state index contributed by atoms with van der Waals surface area (Å²) in [5.41, 5.74) is 1.24. The maximum Gasteiger partial charge on any atom is 0.199 e. The Kier molecular flexibility index (Phi) is 15.0. The number of hydrogen-bond donors (Lipinski definition) is 0. The zero-order valence-electron chi connectivity index (χ0n) is 10.2. The van der Waals surface area contributed by atoms with Crippen molar-refractivity contribution in [3.63, 3.8) is 0 Å². The topological polar surface area (TPSA) is 35.5 Å².